The summed E-state index contributed by atoms with van der Waals surface area (Å²) in [5, 5.41) is 17.1. The lowest BCUT2D eigenvalue weighted by molar-refractivity contribution is -0.120. The average molecular weight is 681 g/mol. The Morgan fingerprint density at radius 3 is 1.10 bits per heavy atom. The number of Topliss-reactive ketones (excluding diaryl/α,β-unsaturated/α-hetero) is 1. The standard InChI is InChI=1S/C27H48.C9H18O.C8H6O4/c1-24(2)18-12-7-5-9-14-20-26(27-22-16-11-17-23-27)21-15-10-6-8-13-19-25(3)4;1-7(2)5-9(10)6-8(3)4;9-7(10)5-3-1-2-4-6(5)8(11)12/h11,16-17,22-26H,5-10,12-15,18-21H2,1-4H3;7-8H,5-6H2,1-4H3;1-4H,(H,9,10)(H,11,12). The number of benzene rings is 2. The summed E-state index contributed by atoms with van der Waals surface area (Å²) in [5.41, 5.74) is 1.20. The molecule has 0 bridgehead atoms. The van der Waals surface area contributed by atoms with Gasteiger partial charge < -0.3 is 10.2 Å². The van der Waals surface area contributed by atoms with Crippen molar-refractivity contribution in [2.75, 3.05) is 0 Å². The number of hydrogen-bond donors (Lipinski definition) is 2. The quantitative estimate of drug-likeness (QED) is 0.114. The summed E-state index contributed by atoms with van der Waals surface area (Å²) in [4.78, 5) is 32.0. The predicted octanol–water partition coefficient (Wildman–Crippen LogP) is 13.3. The molecule has 0 spiro atoms. The lowest BCUT2D eigenvalue weighted by Crippen LogP contribution is -2.06. The van der Waals surface area contributed by atoms with Gasteiger partial charge in [0.1, 0.15) is 5.78 Å². The van der Waals surface area contributed by atoms with Crippen LogP contribution >= 0.6 is 0 Å². The van der Waals surface area contributed by atoms with Crippen molar-refractivity contribution in [3.8, 4) is 0 Å². The zero-order valence-electron chi connectivity index (χ0n) is 32.5. The molecule has 0 unspecified atom stereocenters. The number of carboxylic acids is 2. The maximum Gasteiger partial charge on any atom is 0.336 e. The number of ketones is 1. The van der Waals surface area contributed by atoms with Crippen LogP contribution in [0.25, 0.3) is 0 Å². The van der Waals surface area contributed by atoms with Gasteiger partial charge in [0.2, 0.25) is 0 Å². The van der Waals surface area contributed by atoms with Crippen molar-refractivity contribution < 1.29 is 24.6 Å². The highest BCUT2D eigenvalue weighted by molar-refractivity contribution is 6.01. The van der Waals surface area contributed by atoms with Crippen LogP contribution in [0.3, 0.4) is 0 Å². The van der Waals surface area contributed by atoms with Crippen LogP contribution in [0.1, 0.15) is 190 Å². The van der Waals surface area contributed by atoms with Gasteiger partial charge in [-0.3, -0.25) is 4.79 Å². The Kier molecular flexibility index (Phi) is 27.1. The highest BCUT2D eigenvalue weighted by Crippen LogP contribution is 2.29. The van der Waals surface area contributed by atoms with Crippen molar-refractivity contribution in [3.63, 3.8) is 0 Å². The minimum atomic E-state index is -1.23. The Morgan fingerprint density at radius 1 is 0.449 bits per heavy atom. The molecule has 49 heavy (non-hydrogen) atoms. The minimum absolute atomic E-state index is 0.190. The fourth-order valence-corrected chi connectivity index (χ4v) is 6.00. The summed E-state index contributed by atoms with van der Waals surface area (Å²) in [6.07, 6.45) is 21.4. The summed E-state index contributed by atoms with van der Waals surface area (Å²) < 4.78 is 0. The molecule has 2 rings (SSSR count). The maximum absolute atomic E-state index is 11.1. The van der Waals surface area contributed by atoms with Crippen molar-refractivity contribution >= 4 is 17.7 Å². The topological polar surface area (TPSA) is 91.7 Å². The second kappa shape index (κ2) is 28.8. The van der Waals surface area contributed by atoms with E-state index in [-0.39, 0.29) is 11.1 Å². The Balaban J connectivity index is 0.000000856. The highest BCUT2D eigenvalue weighted by atomic mass is 16.4. The van der Waals surface area contributed by atoms with E-state index in [0.29, 0.717) is 17.6 Å². The van der Waals surface area contributed by atoms with E-state index >= 15 is 0 Å². The van der Waals surface area contributed by atoms with E-state index in [1.54, 1.807) is 5.56 Å². The van der Waals surface area contributed by atoms with Crippen molar-refractivity contribution in [2.24, 2.45) is 23.7 Å². The fourth-order valence-electron chi connectivity index (χ4n) is 6.00. The summed E-state index contributed by atoms with van der Waals surface area (Å²) in [6, 6.07) is 16.8. The lowest BCUT2D eigenvalue weighted by atomic mass is 9.88. The van der Waals surface area contributed by atoms with Crippen LogP contribution in [0.4, 0.5) is 0 Å². The maximum atomic E-state index is 11.1. The number of carbonyl (C=O) groups is 3. The number of rotatable bonds is 23. The Morgan fingerprint density at radius 2 is 0.776 bits per heavy atom. The first kappa shape index (κ1) is 46.0. The van der Waals surface area contributed by atoms with Crippen molar-refractivity contribution in [2.45, 2.75) is 164 Å². The second-order valence-corrected chi connectivity index (χ2v) is 15.5. The first-order valence-corrected chi connectivity index (χ1v) is 19.4. The molecule has 0 radical (unpaired) electrons. The second-order valence-electron chi connectivity index (χ2n) is 15.5. The Hall–Kier alpha value is -2.95. The molecule has 0 saturated heterocycles. The van der Waals surface area contributed by atoms with Crippen molar-refractivity contribution in [1.29, 1.82) is 0 Å². The molecule has 0 aromatic heterocycles. The van der Waals surface area contributed by atoms with Crippen molar-refractivity contribution in [1.82, 2.24) is 0 Å². The van der Waals surface area contributed by atoms with Gasteiger partial charge in [0.15, 0.2) is 0 Å². The van der Waals surface area contributed by atoms with E-state index in [0.717, 1.165) is 30.6 Å². The van der Waals surface area contributed by atoms with Gasteiger partial charge in [0.25, 0.3) is 0 Å². The number of carbonyl (C=O) groups excluding carboxylic acids is 1. The molecule has 0 atom stereocenters. The van der Waals surface area contributed by atoms with Gasteiger partial charge in [-0.25, -0.2) is 9.59 Å². The summed E-state index contributed by atoms with van der Waals surface area (Å²) in [5.74, 6) is 1.52. The average Bonchev–Trinajstić information content (AvgIpc) is 3.02. The van der Waals surface area contributed by atoms with Gasteiger partial charge in [0.05, 0.1) is 11.1 Å². The summed E-state index contributed by atoms with van der Waals surface area (Å²) >= 11 is 0. The molecule has 2 aromatic rings. The van der Waals surface area contributed by atoms with Crippen LogP contribution in [0.15, 0.2) is 54.6 Å². The Labute approximate surface area is 300 Å². The van der Waals surface area contributed by atoms with Gasteiger partial charge in [0, 0.05) is 12.8 Å². The lowest BCUT2D eigenvalue weighted by Gasteiger charge is -2.17. The van der Waals surface area contributed by atoms with E-state index in [9.17, 15) is 14.4 Å². The smallest absolute Gasteiger partial charge is 0.336 e. The summed E-state index contributed by atoms with van der Waals surface area (Å²) in [7, 11) is 0. The minimum Gasteiger partial charge on any atom is -0.478 e. The Bertz CT molecular complexity index is 1050. The number of hydrogen-bond acceptors (Lipinski definition) is 3. The van der Waals surface area contributed by atoms with E-state index in [2.05, 4.69) is 85.7 Å². The predicted molar refractivity (Wildman–Crippen MR) is 208 cm³/mol. The first-order valence-electron chi connectivity index (χ1n) is 19.4. The molecule has 2 aromatic carbocycles. The zero-order chi connectivity index (χ0) is 37.0. The largest absolute Gasteiger partial charge is 0.478 e. The van der Waals surface area contributed by atoms with E-state index in [4.69, 9.17) is 10.2 Å². The van der Waals surface area contributed by atoms with E-state index in [1.807, 2.05) is 0 Å². The first-order chi connectivity index (χ1) is 23.2. The molecule has 0 heterocycles. The molecular formula is C44H72O5. The molecular weight excluding hydrogens is 608 g/mol. The molecule has 278 valence electrons. The zero-order valence-corrected chi connectivity index (χ0v) is 32.5. The van der Waals surface area contributed by atoms with Crippen LogP contribution < -0.4 is 0 Å². The molecule has 0 aliphatic heterocycles. The van der Waals surface area contributed by atoms with Gasteiger partial charge in [-0.05, 0) is 60.1 Å². The van der Waals surface area contributed by atoms with E-state index < -0.39 is 11.9 Å². The number of aromatic carboxylic acids is 2. The van der Waals surface area contributed by atoms with Crippen LogP contribution in [-0.2, 0) is 4.79 Å². The third-order valence-corrected chi connectivity index (χ3v) is 8.60. The molecule has 0 aliphatic carbocycles. The highest BCUT2D eigenvalue weighted by Gasteiger charge is 2.14. The van der Waals surface area contributed by atoms with E-state index in [1.165, 1.54) is 114 Å². The molecule has 2 N–H and O–H groups in total. The van der Waals surface area contributed by atoms with Gasteiger partial charge in [-0.15, -0.1) is 0 Å². The van der Waals surface area contributed by atoms with Crippen LogP contribution in [0.5, 0.6) is 0 Å². The molecule has 0 saturated carbocycles. The fraction of sp³-hybridized carbons (Fsp3) is 0.659. The van der Waals surface area contributed by atoms with Crippen LogP contribution in [-0.4, -0.2) is 27.9 Å². The van der Waals surface area contributed by atoms with Crippen molar-refractivity contribution in [3.05, 3.63) is 71.3 Å². The number of unbranched alkanes of at least 4 members (excludes halogenated alkanes) is 8. The van der Waals surface area contributed by atoms with Gasteiger partial charge >= 0.3 is 11.9 Å². The van der Waals surface area contributed by atoms with Crippen LogP contribution in [0, 0.1) is 23.7 Å². The third-order valence-electron chi connectivity index (χ3n) is 8.60. The molecule has 5 nitrogen and oxygen atoms in total. The molecule has 5 heteroatoms. The SMILES string of the molecule is CC(C)CC(=O)CC(C)C.CC(C)CCCCCCCC(CCCCCCCC(C)C)c1ccccc1.O=C(O)c1ccccc1C(=O)O. The molecule has 0 aliphatic rings. The van der Waals surface area contributed by atoms with Gasteiger partial charge in [-0.2, -0.15) is 0 Å². The molecule has 0 fully saturated rings. The summed E-state index contributed by atoms with van der Waals surface area (Å²) in [6.45, 7) is 17.7. The molecule has 0 amide bonds. The van der Waals surface area contributed by atoms with Crippen LogP contribution in [0.2, 0.25) is 0 Å². The van der Waals surface area contributed by atoms with Gasteiger partial charge in [-0.1, -0.05) is 175 Å². The number of carboxylic acid groups (broad SMARTS) is 2. The normalized spacial score (nSPS) is 11.0. The third kappa shape index (κ3) is 26.6. The monoisotopic (exact) mass is 681 g/mol.